The number of carbonyl (C=O) groups is 10. The Hall–Kier alpha value is -7.24. The van der Waals surface area contributed by atoms with Gasteiger partial charge in [-0.25, -0.2) is 9.59 Å². The van der Waals surface area contributed by atoms with Gasteiger partial charge in [-0.3, -0.25) is 66.9 Å². The van der Waals surface area contributed by atoms with Crippen LogP contribution in [0.1, 0.15) is 47.1 Å². The molecule has 28 nitrogen and oxygen atoms in total. The third-order valence-electron chi connectivity index (χ3n) is 10.8. The molecular formula is C41H59N15O13S2. The summed E-state index contributed by atoms with van der Waals surface area (Å²) in [5.74, 6) is -10.8. The van der Waals surface area contributed by atoms with Gasteiger partial charge in [-0.1, -0.05) is 49.3 Å². The van der Waals surface area contributed by atoms with Gasteiger partial charge in [0.2, 0.25) is 59.1 Å². The van der Waals surface area contributed by atoms with Crippen molar-refractivity contribution in [1.82, 2.24) is 72.3 Å². The maximum atomic E-state index is 14.1. The lowest BCUT2D eigenvalue weighted by Gasteiger charge is -2.29. The molecule has 0 radical (unpaired) electrons. The fourth-order valence-corrected chi connectivity index (χ4v) is 8.99. The minimum atomic E-state index is -1.62. The molecule has 71 heavy (non-hydrogen) atoms. The molecule has 2 aliphatic rings. The Morgan fingerprint density at radius 1 is 0.648 bits per heavy atom. The third kappa shape index (κ3) is 16.4. The van der Waals surface area contributed by atoms with E-state index in [9.17, 15) is 62.3 Å². The molecule has 2 fully saturated rings. The van der Waals surface area contributed by atoms with Crippen LogP contribution in [0.25, 0.3) is 0 Å². The Kier molecular flexibility index (Phi) is 20.3. The number of anilines is 1. The highest BCUT2D eigenvalue weighted by atomic mass is 33.1. The number of H-pyrrole nitrogens is 1. The van der Waals surface area contributed by atoms with Gasteiger partial charge in [0.25, 0.3) is 5.56 Å². The number of amides is 10. The van der Waals surface area contributed by atoms with Crippen LogP contribution in [0.15, 0.2) is 32.8 Å². The van der Waals surface area contributed by atoms with Gasteiger partial charge >= 0.3 is 11.4 Å². The summed E-state index contributed by atoms with van der Waals surface area (Å²) >= 11 is 0. The lowest BCUT2D eigenvalue weighted by atomic mass is 10.0. The van der Waals surface area contributed by atoms with Gasteiger partial charge in [0.1, 0.15) is 67.2 Å². The first kappa shape index (κ1) is 56.3. The molecule has 0 saturated carbocycles. The molecule has 2 aromatic heterocycles. The van der Waals surface area contributed by atoms with Crippen molar-refractivity contribution in [3.05, 3.63) is 55.3 Å². The van der Waals surface area contributed by atoms with Crippen LogP contribution in [0.4, 0.5) is 5.82 Å². The van der Waals surface area contributed by atoms with Crippen LogP contribution in [-0.2, 0) is 61.0 Å². The Labute approximate surface area is 412 Å². The maximum Gasteiger partial charge on any atom is 0.349 e. The second-order valence-corrected chi connectivity index (χ2v) is 19.9. The third-order valence-corrected chi connectivity index (χ3v) is 13.2. The number of rotatable bonds is 8. The van der Waals surface area contributed by atoms with Gasteiger partial charge in [-0.2, -0.15) is 4.98 Å². The van der Waals surface area contributed by atoms with E-state index in [0.717, 1.165) is 36.9 Å². The number of nitrogens with zero attached hydrogens (tertiary/aromatic N) is 3. The molecular weight excluding hydrogens is 975 g/mol. The summed E-state index contributed by atoms with van der Waals surface area (Å²) in [7, 11) is 1.97. The molecule has 13 N–H and O–H groups in total. The zero-order valence-corrected chi connectivity index (χ0v) is 41.4. The highest BCUT2D eigenvalue weighted by molar-refractivity contribution is 8.76. The van der Waals surface area contributed by atoms with E-state index in [4.69, 9.17) is 5.73 Å². The number of nitrogens with two attached hydrogens (primary N) is 1. The molecule has 4 rings (SSSR count). The maximum absolute atomic E-state index is 14.1. The molecule has 0 unspecified atom stereocenters. The number of aromatic nitrogens is 4. The topological polar surface area (TPSA) is 407 Å². The Balaban J connectivity index is 1.71. The van der Waals surface area contributed by atoms with Gasteiger partial charge in [0.15, 0.2) is 0 Å². The van der Waals surface area contributed by atoms with Gasteiger partial charge in [-0.15, -0.1) is 0 Å². The number of hydrogen-bond acceptors (Lipinski definition) is 17. The predicted octanol–water partition coefficient (Wildman–Crippen LogP) is -6.44. The van der Waals surface area contributed by atoms with E-state index in [2.05, 4.69) is 63.1 Å². The van der Waals surface area contributed by atoms with Gasteiger partial charge in [-0.05, 0) is 38.7 Å². The van der Waals surface area contributed by atoms with Crippen LogP contribution in [0.2, 0.25) is 0 Å². The van der Waals surface area contributed by atoms with Crippen LogP contribution in [-0.4, -0.2) is 151 Å². The molecule has 8 atom stereocenters. The molecule has 10 amide bonds. The SMILES string of the molecule is Cc1cn(CC(=O)N[C@H]2CNC(=O)[C@H](C(C)C)NC(=O)[C@@H]3CSSC[C@H](NC(=O)[C@H](C)NC2=O)C(=O)N[C@@H](C(C)C)C(=O)NC[C@H](NC(=O)Cn2ccc(N)nc2=O)C(=O)N[C@@H](C)C(=O)N3)c(=O)[nH]c1=O. The molecule has 4 heterocycles. The fourth-order valence-electron chi connectivity index (χ4n) is 6.66. The van der Waals surface area contributed by atoms with E-state index < -0.39 is 162 Å². The lowest BCUT2D eigenvalue weighted by Crippen LogP contribution is -2.62. The summed E-state index contributed by atoms with van der Waals surface area (Å²) in [6, 6.07) is -10.3. The number of nitrogen functional groups attached to an aromatic ring is 1. The summed E-state index contributed by atoms with van der Waals surface area (Å²) < 4.78 is 1.78. The molecule has 0 aliphatic carbocycles. The molecule has 2 aliphatic heterocycles. The minimum absolute atomic E-state index is 0.103. The molecule has 388 valence electrons. The second-order valence-electron chi connectivity index (χ2n) is 17.3. The normalized spacial score (nSPS) is 24.9. The summed E-state index contributed by atoms with van der Waals surface area (Å²) in [5, 5.41) is 25.0. The van der Waals surface area contributed by atoms with Gasteiger partial charge in [0.05, 0.1) is 0 Å². The van der Waals surface area contributed by atoms with Crippen LogP contribution in [0.3, 0.4) is 0 Å². The lowest BCUT2D eigenvalue weighted by molar-refractivity contribution is -0.135. The first-order valence-electron chi connectivity index (χ1n) is 22.2. The van der Waals surface area contributed by atoms with Crippen molar-refractivity contribution in [3.8, 4) is 0 Å². The molecule has 0 aromatic carbocycles. The zero-order valence-electron chi connectivity index (χ0n) is 39.8. The quantitative estimate of drug-likeness (QED) is 0.109. The number of aromatic amines is 1. The number of hydrogen-bond donors (Lipinski definition) is 12. The average molecular weight is 1030 g/mol. The summed E-state index contributed by atoms with van der Waals surface area (Å²) in [6.45, 7) is 7.76. The Morgan fingerprint density at radius 3 is 1.51 bits per heavy atom. The number of aryl methyl sites for hydroxylation is 1. The summed E-state index contributed by atoms with van der Waals surface area (Å²) in [5.41, 5.74) is 3.17. The van der Waals surface area contributed by atoms with Crippen molar-refractivity contribution in [1.29, 1.82) is 0 Å². The van der Waals surface area contributed by atoms with Crippen molar-refractivity contribution < 1.29 is 47.9 Å². The van der Waals surface area contributed by atoms with Crippen LogP contribution in [0, 0.1) is 18.8 Å². The molecule has 2 aromatic rings. The summed E-state index contributed by atoms with van der Waals surface area (Å²) in [4.78, 5) is 180. The molecule has 2 saturated heterocycles. The van der Waals surface area contributed by atoms with Crippen LogP contribution >= 0.6 is 21.6 Å². The zero-order chi connectivity index (χ0) is 52.9. The van der Waals surface area contributed by atoms with Crippen molar-refractivity contribution in [2.24, 2.45) is 11.8 Å². The van der Waals surface area contributed by atoms with Crippen LogP contribution in [0.5, 0.6) is 0 Å². The van der Waals surface area contributed by atoms with E-state index in [1.807, 2.05) is 0 Å². The van der Waals surface area contributed by atoms with E-state index in [1.165, 1.54) is 33.0 Å². The highest BCUT2D eigenvalue weighted by Crippen LogP contribution is 2.24. The molecule has 2 bridgehead atoms. The Bertz CT molecular complexity index is 2570. The molecule has 0 spiro atoms. The largest absolute Gasteiger partial charge is 0.383 e. The minimum Gasteiger partial charge on any atom is -0.383 e. The van der Waals surface area contributed by atoms with Gasteiger partial charge in [0, 0.05) is 42.6 Å². The first-order chi connectivity index (χ1) is 33.3. The van der Waals surface area contributed by atoms with Crippen molar-refractivity contribution >= 4 is 86.5 Å². The fraction of sp³-hybridized carbons (Fsp3) is 0.561. The number of carbonyl (C=O) groups excluding carboxylic acids is 10. The second kappa shape index (κ2) is 25.6. The van der Waals surface area contributed by atoms with Crippen molar-refractivity contribution in [2.75, 3.05) is 30.3 Å². The standard InChI is InChI=1S/C41H59N15O13S2/c1-17(2)29-38(66)43-10-22(47-27(57)13-55-9-8-26(42)51-40(55)68)34(62)45-20(6)32(60)49-24-15-70-71-16-25(36(64)52-29)50-33(61)21(7)46-35(63)23(11-44-39(67)30(18(3)4)53-37(24)65)48-28(58)14-56-12-19(5)31(59)54-41(56)69/h8-9,12,17-18,20-25,29-30H,10-11,13-16H2,1-7H3,(H,43,66)(H,44,67)(H,45,62)(H,46,63)(H,47,57)(H,48,58)(H,49,60)(H,50,61)(H,52,64)(H,53,65)(H2,42,51,68)(H,54,59,69)/t20-,21-,22-,23-,24-,25-,29-,30-/m0/s1. The Morgan fingerprint density at radius 2 is 1.08 bits per heavy atom. The molecule has 30 heteroatoms. The van der Waals surface area contributed by atoms with E-state index in [0.29, 0.717) is 0 Å². The number of fused-ring (bicyclic) bond motifs is 5. The first-order valence-corrected chi connectivity index (χ1v) is 24.7. The number of nitrogens with one attached hydrogen (secondary N) is 11. The van der Waals surface area contributed by atoms with E-state index in [1.54, 1.807) is 27.7 Å². The smallest absolute Gasteiger partial charge is 0.349 e. The van der Waals surface area contributed by atoms with Crippen LogP contribution < -0.4 is 75.8 Å². The van der Waals surface area contributed by atoms with Crippen molar-refractivity contribution in [3.63, 3.8) is 0 Å². The average Bonchev–Trinajstić information content (AvgIpc) is 3.29. The summed E-state index contributed by atoms with van der Waals surface area (Å²) in [6.07, 6.45) is 2.33. The highest BCUT2D eigenvalue weighted by Gasteiger charge is 2.36. The van der Waals surface area contributed by atoms with Gasteiger partial charge < -0.3 is 58.9 Å². The van der Waals surface area contributed by atoms with Crippen molar-refractivity contribution in [2.45, 2.75) is 110 Å². The monoisotopic (exact) mass is 1030 g/mol. The predicted molar refractivity (Wildman–Crippen MR) is 256 cm³/mol. The van der Waals surface area contributed by atoms with E-state index >= 15 is 0 Å². The van der Waals surface area contributed by atoms with E-state index in [-0.39, 0.29) is 22.9 Å².